The highest BCUT2D eigenvalue weighted by molar-refractivity contribution is 5.77. The molecule has 0 amide bonds. The monoisotopic (exact) mass is 346 g/mol. The van der Waals surface area contributed by atoms with E-state index in [-0.39, 0.29) is 45.6 Å². The molecule has 0 fully saturated rings. The lowest BCUT2D eigenvalue weighted by atomic mass is 9.81. The van der Waals surface area contributed by atoms with Gasteiger partial charge in [-0.3, -0.25) is 26.1 Å². The van der Waals surface area contributed by atoms with Crippen LogP contribution in [0.25, 0.3) is 0 Å². The molecular formula is C14H26N4O6. The maximum Gasteiger partial charge on any atom is 0.313 e. The molecule has 138 valence electrons. The molecule has 0 aromatic heterocycles. The first-order valence-electron chi connectivity index (χ1n) is 7.22. The van der Waals surface area contributed by atoms with E-state index in [4.69, 9.17) is 25.2 Å². The fourth-order valence-corrected chi connectivity index (χ4v) is 1.74. The van der Waals surface area contributed by atoms with Crippen LogP contribution >= 0.6 is 0 Å². The lowest BCUT2D eigenvalue weighted by molar-refractivity contribution is -0.160. The molecule has 10 nitrogen and oxygen atoms in total. The molecule has 0 bridgehead atoms. The van der Waals surface area contributed by atoms with Crippen molar-refractivity contribution in [2.24, 2.45) is 22.8 Å². The van der Waals surface area contributed by atoms with Crippen molar-refractivity contribution < 1.29 is 28.6 Å². The van der Waals surface area contributed by atoms with Gasteiger partial charge in [0.2, 0.25) is 0 Å². The number of hydrogen-bond acceptors (Lipinski definition) is 10. The van der Waals surface area contributed by atoms with E-state index in [0.29, 0.717) is 0 Å². The SMILES string of the molecule is CC(=O)OCCC(CN)(CCOC(C)=O)C(=O)OCCC#N.NN. The number of hydrogen-bond donors (Lipinski definition) is 3. The van der Waals surface area contributed by atoms with Gasteiger partial charge in [-0.25, -0.2) is 0 Å². The third-order valence-electron chi connectivity index (χ3n) is 3.04. The molecule has 0 aliphatic heterocycles. The van der Waals surface area contributed by atoms with Gasteiger partial charge in [0.05, 0.1) is 31.1 Å². The Morgan fingerprint density at radius 2 is 1.42 bits per heavy atom. The summed E-state index contributed by atoms with van der Waals surface area (Å²) in [6, 6.07) is 1.86. The van der Waals surface area contributed by atoms with Gasteiger partial charge in [0, 0.05) is 20.4 Å². The van der Waals surface area contributed by atoms with Gasteiger partial charge < -0.3 is 19.9 Å². The van der Waals surface area contributed by atoms with E-state index < -0.39 is 23.3 Å². The summed E-state index contributed by atoms with van der Waals surface area (Å²) in [6.07, 6.45) is 0.367. The minimum absolute atomic E-state index is 0.0000449. The van der Waals surface area contributed by atoms with Crippen LogP contribution in [0.1, 0.15) is 33.1 Å². The van der Waals surface area contributed by atoms with Crippen molar-refractivity contribution in [2.75, 3.05) is 26.4 Å². The van der Waals surface area contributed by atoms with Crippen LogP contribution in [-0.2, 0) is 28.6 Å². The summed E-state index contributed by atoms with van der Waals surface area (Å²) in [7, 11) is 0. The standard InChI is InChI=1S/C14H22N2O6.H4N2/c1-11(17)20-8-4-14(10-16,5-9-21-12(2)18)13(19)22-7-3-6-15;1-2/h3-5,7-10,16H2,1-2H3;1-2H2. The Bertz CT molecular complexity index is 415. The maximum atomic E-state index is 12.2. The smallest absolute Gasteiger partial charge is 0.313 e. The molecule has 0 unspecified atom stereocenters. The average Bonchev–Trinajstić information content (AvgIpc) is 2.54. The maximum absolute atomic E-state index is 12.2. The van der Waals surface area contributed by atoms with Crippen LogP contribution in [0.5, 0.6) is 0 Å². The number of esters is 3. The molecule has 0 saturated carbocycles. The first-order valence-corrected chi connectivity index (χ1v) is 7.22. The lowest BCUT2D eigenvalue weighted by Gasteiger charge is -2.29. The fourth-order valence-electron chi connectivity index (χ4n) is 1.74. The predicted octanol–water partition coefficient (Wildman–Crippen LogP) is -0.886. The number of nitriles is 1. The minimum Gasteiger partial charge on any atom is -0.466 e. The van der Waals surface area contributed by atoms with Gasteiger partial charge >= 0.3 is 17.9 Å². The molecule has 10 heteroatoms. The molecule has 0 aliphatic carbocycles. The summed E-state index contributed by atoms with van der Waals surface area (Å²) >= 11 is 0. The Labute approximate surface area is 141 Å². The van der Waals surface area contributed by atoms with E-state index in [1.165, 1.54) is 13.8 Å². The van der Waals surface area contributed by atoms with Gasteiger partial charge in [0.1, 0.15) is 6.61 Å². The second-order valence-electron chi connectivity index (χ2n) is 4.71. The molecule has 0 heterocycles. The van der Waals surface area contributed by atoms with Crippen molar-refractivity contribution in [1.82, 2.24) is 0 Å². The third kappa shape index (κ3) is 10.5. The number of ether oxygens (including phenoxy) is 3. The highest BCUT2D eigenvalue weighted by Gasteiger charge is 2.39. The quantitative estimate of drug-likeness (QED) is 0.147. The summed E-state index contributed by atoms with van der Waals surface area (Å²) in [5.74, 6) is 6.47. The van der Waals surface area contributed by atoms with Crippen LogP contribution < -0.4 is 17.4 Å². The summed E-state index contributed by atoms with van der Waals surface area (Å²) < 4.78 is 14.7. The van der Waals surface area contributed by atoms with Gasteiger partial charge in [-0.1, -0.05) is 0 Å². The number of carbonyl (C=O) groups is 3. The number of nitrogens with two attached hydrogens (primary N) is 3. The Morgan fingerprint density at radius 1 is 0.958 bits per heavy atom. The van der Waals surface area contributed by atoms with Crippen molar-refractivity contribution >= 4 is 17.9 Å². The Hall–Kier alpha value is -2.22. The minimum atomic E-state index is -1.12. The molecule has 24 heavy (non-hydrogen) atoms. The normalized spacial score (nSPS) is 9.83. The Balaban J connectivity index is 0. The average molecular weight is 346 g/mol. The second kappa shape index (κ2) is 14.4. The lowest BCUT2D eigenvalue weighted by Crippen LogP contribution is -2.42. The van der Waals surface area contributed by atoms with E-state index in [1.807, 2.05) is 6.07 Å². The molecule has 6 N–H and O–H groups in total. The molecule has 0 rings (SSSR count). The van der Waals surface area contributed by atoms with E-state index >= 15 is 0 Å². The van der Waals surface area contributed by atoms with Crippen LogP contribution in [0.3, 0.4) is 0 Å². The predicted molar refractivity (Wildman–Crippen MR) is 83.6 cm³/mol. The zero-order valence-corrected chi connectivity index (χ0v) is 14.1. The molecule has 0 spiro atoms. The van der Waals surface area contributed by atoms with Crippen molar-refractivity contribution in [3.63, 3.8) is 0 Å². The summed E-state index contributed by atoms with van der Waals surface area (Å²) in [5, 5.41) is 8.46. The number of rotatable bonds is 10. The number of carbonyl (C=O) groups excluding carboxylic acids is 3. The zero-order chi connectivity index (χ0) is 19.0. The molecular weight excluding hydrogens is 320 g/mol. The van der Waals surface area contributed by atoms with Crippen molar-refractivity contribution in [2.45, 2.75) is 33.1 Å². The van der Waals surface area contributed by atoms with Crippen LogP contribution in [-0.4, -0.2) is 44.3 Å². The van der Waals surface area contributed by atoms with E-state index in [0.717, 1.165) is 0 Å². The molecule has 0 aromatic rings. The number of nitrogens with zero attached hydrogens (tertiary/aromatic N) is 1. The van der Waals surface area contributed by atoms with E-state index in [2.05, 4.69) is 11.7 Å². The van der Waals surface area contributed by atoms with Crippen LogP contribution in [0.15, 0.2) is 0 Å². The van der Waals surface area contributed by atoms with Crippen molar-refractivity contribution in [1.29, 1.82) is 5.26 Å². The van der Waals surface area contributed by atoms with Gasteiger partial charge in [0.25, 0.3) is 0 Å². The first-order chi connectivity index (χ1) is 11.4. The topological polar surface area (TPSA) is 181 Å². The highest BCUT2D eigenvalue weighted by atomic mass is 16.5. The molecule has 0 atom stereocenters. The van der Waals surface area contributed by atoms with Gasteiger partial charge in [0.15, 0.2) is 0 Å². The van der Waals surface area contributed by atoms with Gasteiger partial charge in [-0.2, -0.15) is 5.26 Å². The van der Waals surface area contributed by atoms with E-state index in [9.17, 15) is 14.4 Å². The van der Waals surface area contributed by atoms with E-state index in [1.54, 1.807) is 0 Å². The molecule has 0 radical (unpaired) electrons. The largest absolute Gasteiger partial charge is 0.466 e. The van der Waals surface area contributed by atoms with Crippen LogP contribution in [0, 0.1) is 16.7 Å². The Morgan fingerprint density at radius 3 is 1.75 bits per heavy atom. The fraction of sp³-hybridized carbons (Fsp3) is 0.714. The summed E-state index contributed by atoms with van der Waals surface area (Å²) in [5.41, 5.74) is 4.58. The Kier molecular flexibility index (Phi) is 14.4. The van der Waals surface area contributed by atoms with Crippen LogP contribution in [0.4, 0.5) is 0 Å². The highest BCUT2D eigenvalue weighted by Crippen LogP contribution is 2.28. The molecule has 0 aromatic carbocycles. The third-order valence-corrected chi connectivity index (χ3v) is 3.04. The van der Waals surface area contributed by atoms with Crippen molar-refractivity contribution in [3.8, 4) is 6.07 Å². The molecule has 0 saturated heterocycles. The van der Waals surface area contributed by atoms with Gasteiger partial charge in [-0.05, 0) is 12.8 Å². The van der Waals surface area contributed by atoms with Crippen molar-refractivity contribution in [3.05, 3.63) is 0 Å². The van der Waals surface area contributed by atoms with Crippen LogP contribution in [0.2, 0.25) is 0 Å². The molecule has 0 aliphatic rings. The first kappa shape index (κ1) is 24.0. The summed E-state index contributed by atoms with van der Waals surface area (Å²) in [6.45, 7) is 2.42. The zero-order valence-electron chi connectivity index (χ0n) is 14.1. The second-order valence-corrected chi connectivity index (χ2v) is 4.71. The van der Waals surface area contributed by atoms with Gasteiger partial charge in [-0.15, -0.1) is 0 Å². The number of hydrazine groups is 1. The summed E-state index contributed by atoms with van der Waals surface area (Å²) in [4.78, 5) is 33.9.